The van der Waals surface area contributed by atoms with Crippen molar-refractivity contribution in [3.8, 4) is 6.07 Å². The van der Waals surface area contributed by atoms with Crippen LogP contribution in [0.5, 0.6) is 0 Å². The Morgan fingerprint density at radius 3 is 2.88 bits per heavy atom. The summed E-state index contributed by atoms with van der Waals surface area (Å²) in [5, 5.41) is 8.90. The van der Waals surface area contributed by atoms with Crippen molar-refractivity contribution in [1.29, 1.82) is 5.26 Å². The largest absolute Gasteiger partial charge is 0.312 e. The standard InChI is InChI=1S/C13H11BrN2O/c1-2-9-5-13(17)16(8-9)12-4-10(7-15)3-11(14)6-12/h2-4,6,9H,1,5,8H2. The third kappa shape index (κ3) is 2.40. The summed E-state index contributed by atoms with van der Waals surface area (Å²) in [5.41, 5.74) is 1.31. The van der Waals surface area contributed by atoms with Gasteiger partial charge in [0.2, 0.25) is 5.91 Å². The minimum Gasteiger partial charge on any atom is -0.312 e. The van der Waals surface area contributed by atoms with E-state index in [1.54, 1.807) is 23.1 Å². The number of hydrogen-bond donors (Lipinski definition) is 0. The Kier molecular flexibility index (Phi) is 3.30. The van der Waals surface area contributed by atoms with Gasteiger partial charge in [0, 0.05) is 29.0 Å². The smallest absolute Gasteiger partial charge is 0.227 e. The summed E-state index contributed by atoms with van der Waals surface area (Å²) in [6.07, 6.45) is 2.30. The van der Waals surface area contributed by atoms with Crippen molar-refractivity contribution < 1.29 is 4.79 Å². The number of anilines is 1. The molecule has 0 aromatic heterocycles. The third-order valence-corrected chi connectivity index (χ3v) is 3.27. The van der Waals surface area contributed by atoms with Crippen molar-refractivity contribution in [3.05, 3.63) is 40.9 Å². The van der Waals surface area contributed by atoms with E-state index in [1.165, 1.54) is 0 Å². The van der Waals surface area contributed by atoms with Crippen molar-refractivity contribution in [3.63, 3.8) is 0 Å². The molecule has 1 aromatic rings. The maximum atomic E-state index is 11.8. The summed E-state index contributed by atoms with van der Waals surface area (Å²) >= 11 is 3.34. The highest BCUT2D eigenvalue weighted by molar-refractivity contribution is 9.10. The third-order valence-electron chi connectivity index (χ3n) is 2.81. The molecule has 0 spiro atoms. The van der Waals surface area contributed by atoms with Gasteiger partial charge >= 0.3 is 0 Å². The zero-order valence-electron chi connectivity index (χ0n) is 9.19. The molecule has 2 rings (SSSR count). The van der Waals surface area contributed by atoms with Crippen molar-refractivity contribution in [2.75, 3.05) is 11.4 Å². The Bertz CT molecular complexity index is 519. The lowest BCUT2D eigenvalue weighted by atomic mass is 10.1. The zero-order valence-corrected chi connectivity index (χ0v) is 10.8. The first-order valence-corrected chi connectivity index (χ1v) is 6.07. The molecule has 0 bridgehead atoms. The topological polar surface area (TPSA) is 44.1 Å². The van der Waals surface area contributed by atoms with E-state index in [0.717, 1.165) is 10.2 Å². The predicted molar refractivity (Wildman–Crippen MR) is 69.5 cm³/mol. The number of nitrogens with zero attached hydrogens (tertiary/aromatic N) is 2. The van der Waals surface area contributed by atoms with E-state index in [9.17, 15) is 4.79 Å². The van der Waals surface area contributed by atoms with E-state index in [4.69, 9.17) is 5.26 Å². The second kappa shape index (κ2) is 4.72. The quantitative estimate of drug-likeness (QED) is 0.786. The van der Waals surface area contributed by atoms with E-state index in [0.29, 0.717) is 18.5 Å². The molecule has 17 heavy (non-hydrogen) atoms. The van der Waals surface area contributed by atoms with Crippen molar-refractivity contribution in [2.24, 2.45) is 5.92 Å². The van der Waals surface area contributed by atoms with Gasteiger partial charge in [-0.15, -0.1) is 6.58 Å². The number of hydrogen-bond acceptors (Lipinski definition) is 2. The maximum absolute atomic E-state index is 11.8. The summed E-state index contributed by atoms with van der Waals surface area (Å²) in [6.45, 7) is 4.36. The van der Waals surface area contributed by atoms with Crippen LogP contribution in [-0.2, 0) is 4.79 Å². The zero-order chi connectivity index (χ0) is 12.4. The second-order valence-electron chi connectivity index (χ2n) is 4.01. The minimum absolute atomic E-state index is 0.0805. The Labute approximate surface area is 108 Å². The fourth-order valence-corrected chi connectivity index (χ4v) is 2.42. The van der Waals surface area contributed by atoms with Gasteiger partial charge in [-0.2, -0.15) is 5.26 Å². The molecular weight excluding hydrogens is 280 g/mol. The van der Waals surface area contributed by atoms with E-state index in [1.807, 2.05) is 6.07 Å². The van der Waals surface area contributed by atoms with Gasteiger partial charge in [-0.25, -0.2) is 0 Å². The van der Waals surface area contributed by atoms with Crippen LogP contribution in [0.15, 0.2) is 35.3 Å². The first-order valence-electron chi connectivity index (χ1n) is 5.27. The van der Waals surface area contributed by atoms with Crippen LogP contribution >= 0.6 is 15.9 Å². The molecule has 4 heteroatoms. The van der Waals surface area contributed by atoms with Gasteiger partial charge < -0.3 is 4.90 Å². The van der Waals surface area contributed by atoms with Crippen LogP contribution in [0.25, 0.3) is 0 Å². The lowest BCUT2D eigenvalue weighted by Gasteiger charge is -2.16. The molecular formula is C13H11BrN2O. The number of carbonyl (C=O) groups excluding carboxylic acids is 1. The van der Waals surface area contributed by atoms with Gasteiger partial charge in [0.05, 0.1) is 11.6 Å². The SMILES string of the molecule is C=CC1CC(=O)N(c2cc(Br)cc(C#N)c2)C1. The van der Waals surface area contributed by atoms with Crippen molar-refractivity contribution >= 4 is 27.5 Å². The molecule has 1 amide bonds. The monoisotopic (exact) mass is 290 g/mol. The van der Waals surface area contributed by atoms with Gasteiger partial charge in [-0.1, -0.05) is 22.0 Å². The molecule has 1 aliphatic heterocycles. The van der Waals surface area contributed by atoms with Crippen LogP contribution in [0.3, 0.4) is 0 Å². The highest BCUT2D eigenvalue weighted by atomic mass is 79.9. The lowest BCUT2D eigenvalue weighted by molar-refractivity contribution is -0.117. The van der Waals surface area contributed by atoms with Crippen LogP contribution < -0.4 is 4.90 Å². The van der Waals surface area contributed by atoms with Gasteiger partial charge in [-0.05, 0) is 18.2 Å². The molecule has 1 atom stereocenters. The van der Waals surface area contributed by atoms with Gasteiger partial charge in [0.1, 0.15) is 0 Å². The molecule has 1 heterocycles. The molecule has 86 valence electrons. The van der Waals surface area contributed by atoms with E-state index in [2.05, 4.69) is 28.6 Å². The van der Waals surface area contributed by atoms with Crippen LogP contribution in [0.2, 0.25) is 0 Å². The Balaban J connectivity index is 2.35. The first kappa shape index (κ1) is 11.9. The number of benzene rings is 1. The summed E-state index contributed by atoms with van der Waals surface area (Å²) in [4.78, 5) is 13.5. The van der Waals surface area contributed by atoms with Crippen LogP contribution in [0.1, 0.15) is 12.0 Å². The summed E-state index contributed by atoms with van der Waals surface area (Å²) in [7, 11) is 0. The number of rotatable bonds is 2. The molecule has 0 radical (unpaired) electrons. The second-order valence-corrected chi connectivity index (χ2v) is 4.93. The van der Waals surface area contributed by atoms with E-state index < -0.39 is 0 Å². The van der Waals surface area contributed by atoms with Crippen LogP contribution in [0, 0.1) is 17.2 Å². The van der Waals surface area contributed by atoms with Gasteiger partial charge in [0.25, 0.3) is 0 Å². The highest BCUT2D eigenvalue weighted by Crippen LogP contribution is 2.28. The van der Waals surface area contributed by atoms with Crippen molar-refractivity contribution in [2.45, 2.75) is 6.42 Å². The van der Waals surface area contributed by atoms with Crippen LogP contribution in [-0.4, -0.2) is 12.5 Å². The van der Waals surface area contributed by atoms with E-state index in [-0.39, 0.29) is 11.8 Å². The average molecular weight is 291 g/mol. The molecule has 3 nitrogen and oxygen atoms in total. The number of halogens is 1. The Morgan fingerprint density at radius 1 is 1.53 bits per heavy atom. The first-order chi connectivity index (χ1) is 8.13. The number of carbonyl (C=O) groups is 1. The molecule has 1 saturated heterocycles. The fraction of sp³-hybridized carbons (Fsp3) is 0.231. The van der Waals surface area contributed by atoms with Gasteiger partial charge in [-0.3, -0.25) is 4.79 Å². The average Bonchev–Trinajstić information content (AvgIpc) is 2.69. The minimum atomic E-state index is 0.0805. The summed E-state index contributed by atoms with van der Waals surface area (Å²) in [5.74, 6) is 0.281. The maximum Gasteiger partial charge on any atom is 0.227 e. The Morgan fingerprint density at radius 2 is 2.29 bits per heavy atom. The molecule has 1 unspecified atom stereocenters. The van der Waals surface area contributed by atoms with Crippen LogP contribution in [0.4, 0.5) is 5.69 Å². The number of nitriles is 1. The van der Waals surface area contributed by atoms with Crippen molar-refractivity contribution in [1.82, 2.24) is 0 Å². The Hall–Kier alpha value is -1.60. The fourth-order valence-electron chi connectivity index (χ4n) is 1.94. The summed E-state index contributed by atoms with van der Waals surface area (Å²) < 4.78 is 0.807. The molecule has 0 N–H and O–H groups in total. The molecule has 1 aromatic carbocycles. The molecule has 1 fully saturated rings. The summed E-state index contributed by atoms with van der Waals surface area (Å²) in [6, 6.07) is 7.40. The highest BCUT2D eigenvalue weighted by Gasteiger charge is 2.28. The molecule has 1 aliphatic rings. The molecule has 0 saturated carbocycles. The lowest BCUT2D eigenvalue weighted by Crippen LogP contribution is -2.24. The number of amides is 1. The van der Waals surface area contributed by atoms with E-state index >= 15 is 0 Å². The predicted octanol–water partition coefficient (Wildman–Crippen LogP) is 2.86. The normalized spacial score (nSPS) is 19.2. The van der Waals surface area contributed by atoms with Gasteiger partial charge in [0.15, 0.2) is 0 Å². The molecule has 0 aliphatic carbocycles.